The van der Waals surface area contributed by atoms with Crippen LogP contribution >= 0.6 is 0 Å². The van der Waals surface area contributed by atoms with Crippen LogP contribution in [0.4, 0.5) is 0 Å². The summed E-state index contributed by atoms with van der Waals surface area (Å²) < 4.78 is 1.67. The molecule has 0 aromatic carbocycles. The van der Waals surface area contributed by atoms with E-state index in [4.69, 9.17) is 5.11 Å². The largest absolute Gasteiger partial charge is 0.481 e. The van der Waals surface area contributed by atoms with Crippen molar-refractivity contribution in [1.29, 1.82) is 0 Å². The number of carbonyl (C=O) groups is 2. The second-order valence-electron chi connectivity index (χ2n) is 4.50. The standard InChI is InChI=1S/C11H15N3O3/c1-13(5-7-4-12-14(2)6-7)10(15)8-3-9(8)11(16)17/h4,6,8-9H,3,5H2,1-2H3,(H,16,17)/t8-,9+/m1/s1. The molecule has 6 heteroatoms. The van der Waals surface area contributed by atoms with Gasteiger partial charge in [-0.2, -0.15) is 5.10 Å². The second kappa shape index (κ2) is 4.20. The van der Waals surface area contributed by atoms with Gasteiger partial charge in [-0.15, -0.1) is 0 Å². The minimum absolute atomic E-state index is 0.0961. The van der Waals surface area contributed by atoms with E-state index in [0.717, 1.165) is 5.56 Å². The number of carboxylic acid groups (broad SMARTS) is 1. The molecule has 1 aromatic heterocycles. The Morgan fingerprint density at radius 2 is 2.29 bits per heavy atom. The van der Waals surface area contributed by atoms with Crippen molar-refractivity contribution in [2.45, 2.75) is 13.0 Å². The van der Waals surface area contributed by atoms with Crippen LogP contribution < -0.4 is 0 Å². The Bertz CT molecular complexity index is 455. The molecule has 0 unspecified atom stereocenters. The number of aromatic nitrogens is 2. The molecule has 6 nitrogen and oxygen atoms in total. The highest BCUT2D eigenvalue weighted by Crippen LogP contribution is 2.40. The van der Waals surface area contributed by atoms with Crippen molar-refractivity contribution in [1.82, 2.24) is 14.7 Å². The van der Waals surface area contributed by atoms with E-state index < -0.39 is 11.9 Å². The summed E-state index contributed by atoms with van der Waals surface area (Å²) in [6, 6.07) is 0. The van der Waals surface area contributed by atoms with Gasteiger partial charge in [-0.25, -0.2) is 0 Å². The third kappa shape index (κ3) is 2.46. The number of aryl methyl sites for hydroxylation is 1. The fraction of sp³-hybridized carbons (Fsp3) is 0.545. The van der Waals surface area contributed by atoms with Crippen molar-refractivity contribution < 1.29 is 14.7 Å². The number of rotatable bonds is 4. The zero-order valence-corrected chi connectivity index (χ0v) is 9.83. The van der Waals surface area contributed by atoms with Crippen molar-refractivity contribution in [2.75, 3.05) is 7.05 Å². The van der Waals surface area contributed by atoms with Gasteiger partial charge in [0.05, 0.1) is 18.0 Å². The number of hydrogen-bond acceptors (Lipinski definition) is 3. The Balaban J connectivity index is 1.91. The van der Waals surface area contributed by atoms with Gasteiger partial charge in [0.1, 0.15) is 0 Å². The number of amides is 1. The molecule has 1 saturated carbocycles. The minimum Gasteiger partial charge on any atom is -0.481 e. The van der Waals surface area contributed by atoms with Crippen LogP contribution in [0.5, 0.6) is 0 Å². The molecule has 92 valence electrons. The van der Waals surface area contributed by atoms with Crippen LogP contribution in [-0.2, 0) is 23.2 Å². The van der Waals surface area contributed by atoms with E-state index in [-0.39, 0.29) is 11.8 Å². The molecule has 0 radical (unpaired) electrons. The summed E-state index contributed by atoms with van der Waals surface area (Å²) >= 11 is 0. The molecule has 2 atom stereocenters. The Kier molecular flexibility index (Phi) is 2.87. The van der Waals surface area contributed by atoms with Gasteiger partial charge in [0, 0.05) is 32.4 Å². The van der Waals surface area contributed by atoms with E-state index >= 15 is 0 Å². The summed E-state index contributed by atoms with van der Waals surface area (Å²) in [5, 5.41) is 12.8. The van der Waals surface area contributed by atoms with Gasteiger partial charge in [-0.1, -0.05) is 0 Å². The zero-order valence-electron chi connectivity index (χ0n) is 9.83. The van der Waals surface area contributed by atoms with Crippen LogP contribution in [0.25, 0.3) is 0 Å². The van der Waals surface area contributed by atoms with E-state index in [1.165, 1.54) is 0 Å². The quantitative estimate of drug-likeness (QED) is 0.805. The van der Waals surface area contributed by atoms with Gasteiger partial charge in [0.15, 0.2) is 0 Å². The second-order valence-corrected chi connectivity index (χ2v) is 4.50. The summed E-state index contributed by atoms with van der Waals surface area (Å²) in [6.07, 6.45) is 4.00. The topological polar surface area (TPSA) is 75.4 Å². The van der Waals surface area contributed by atoms with Crippen LogP contribution in [0, 0.1) is 11.8 Å². The highest BCUT2D eigenvalue weighted by atomic mass is 16.4. The van der Waals surface area contributed by atoms with E-state index in [2.05, 4.69) is 5.10 Å². The van der Waals surface area contributed by atoms with Gasteiger partial charge in [-0.05, 0) is 6.42 Å². The molecular weight excluding hydrogens is 222 g/mol. The van der Waals surface area contributed by atoms with Crippen LogP contribution in [0.2, 0.25) is 0 Å². The molecule has 1 aliphatic rings. The van der Waals surface area contributed by atoms with Crippen molar-refractivity contribution >= 4 is 11.9 Å². The lowest BCUT2D eigenvalue weighted by atomic mass is 10.2. The van der Waals surface area contributed by atoms with Gasteiger partial charge >= 0.3 is 5.97 Å². The molecule has 1 N–H and O–H groups in total. The summed E-state index contributed by atoms with van der Waals surface area (Å²) in [5.74, 6) is -1.80. The average molecular weight is 237 g/mol. The van der Waals surface area contributed by atoms with Gasteiger partial charge in [0.2, 0.25) is 5.91 Å². The summed E-state index contributed by atoms with van der Waals surface area (Å²) in [7, 11) is 3.50. The third-order valence-electron chi connectivity index (χ3n) is 2.98. The zero-order chi connectivity index (χ0) is 12.6. The first-order valence-electron chi connectivity index (χ1n) is 5.44. The minimum atomic E-state index is -0.877. The highest BCUT2D eigenvalue weighted by Gasteiger charge is 2.49. The first kappa shape index (κ1) is 11.6. The molecule has 0 spiro atoms. The van der Waals surface area contributed by atoms with Gasteiger partial charge in [0.25, 0.3) is 0 Å². The molecular formula is C11H15N3O3. The fourth-order valence-corrected chi connectivity index (χ4v) is 1.93. The number of aliphatic carboxylic acids is 1. The SMILES string of the molecule is CN(Cc1cnn(C)c1)C(=O)[C@@H]1C[C@@H]1C(=O)O. The predicted octanol–water partition coefficient (Wildman–Crippen LogP) is 0.0992. The fourth-order valence-electron chi connectivity index (χ4n) is 1.93. The summed E-state index contributed by atoms with van der Waals surface area (Å²) in [5.41, 5.74) is 0.941. The van der Waals surface area contributed by atoms with Crippen molar-refractivity contribution in [3.63, 3.8) is 0 Å². The molecule has 17 heavy (non-hydrogen) atoms. The third-order valence-corrected chi connectivity index (χ3v) is 2.98. The molecule has 2 rings (SSSR count). The van der Waals surface area contributed by atoms with Crippen molar-refractivity contribution in [2.24, 2.45) is 18.9 Å². The summed E-state index contributed by atoms with van der Waals surface area (Å²) in [4.78, 5) is 24.1. The van der Waals surface area contributed by atoms with Crippen molar-refractivity contribution in [3.8, 4) is 0 Å². The van der Waals surface area contributed by atoms with Gasteiger partial charge in [-0.3, -0.25) is 14.3 Å². The van der Waals surface area contributed by atoms with Crippen LogP contribution in [0.1, 0.15) is 12.0 Å². The Labute approximate surface area is 98.8 Å². The maximum atomic E-state index is 11.9. The Morgan fingerprint density at radius 1 is 1.59 bits per heavy atom. The van der Waals surface area contributed by atoms with E-state index in [9.17, 15) is 9.59 Å². The molecule has 0 bridgehead atoms. The molecule has 0 aliphatic heterocycles. The van der Waals surface area contributed by atoms with Crippen molar-refractivity contribution in [3.05, 3.63) is 18.0 Å². The maximum absolute atomic E-state index is 11.9. The molecule has 0 saturated heterocycles. The molecule has 1 fully saturated rings. The number of nitrogens with zero attached hydrogens (tertiary/aromatic N) is 3. The van der Waals surface area contributed by atoms with Crippen LogP contribution in [-0.4, -0.2) is 38.7 Å². The average Bonchev–Trinajstić information content (AvgIpc) is 2.96. The lowest BCUT2D eigenvalue weighted by molar-refractivity contribution is -0.141. The Hall–Kier alpha value is -1.85. The maximum Gasteiger partial charge on any atom is 0.307 e. The lowest BCUT2D eigenvalue weighted by Crippen LogP contribution is -2.28. The normalized spacial score (nSPS) is 22.2. The van der Waals surface area contributed by atoms with Crippen LogP contribution in [0.3, 0.4) is 0 Å². The molecule has 1 aromatic rings. The molecule has 1 aliphatic carbocycles. The number of carbonyl (C=O) groups excluding carboxylic acids is 1. The highest BCUT2D eigenvalue weighted by molar-refractivity contribution is 5.89. The van der Waals surface area contributed by atoms with E-state index in [0.29, 0.717) is 13.0 Å². The summed E-state index contributed by atoms with van der Waals surface area (Å²) in [6.45, 7) is 0.468. The molecule has 1 heterocycles. The first-order chi connectivity index (χ1) is 7.99. The Morgan fingerprint density at radius 3 is 2.76 bits per heavy atom. The van der Waals surface area contributed by atoms with E-state index in [1.54, 1.807) is 22.8 Å². The van der Waals surface area contributed by atoms with Crippen LogP contribution in [0.15, 0.2) is 12.4 Å². The number of carboxylic acids is 1. The van der Waals surface area contributed by atoms with Gasteiger partial charge < -0.3 is 10.0 Å². The van der Waals surface area contributed by atoms with E-state index in [1.807, 2.05) is 13.2 Å². The first-order valence-corrected chi connectivity index (χ1v) is 5.44. The lowest BCUT2D eigenvalue weighted by Gasteiger charge is -2.15. The predicted molar refractivity (Wildman–Crippen MR) is 58.9 cm³/mol. The monoisotopic (exact) mass is 237 g/mol. The molecule has 1 amide bonds. The number of hydrogen-bond donors (Lipinski definition) is 1. The smallest absolute Gasteiger partial charge is 0.307 e.